The molecule has 2 heterocycles. The zero-order valence-corrected chi connectivity index (χ0v) is 24.4. The van der Waals surface area contributed by atoms with E-state index in [0.29, 0.717) is 18.6 Å². The number of likely N-dealkylation sites (tertiary alicyclic amines) is 1. The van der Waals surface area contributed by atoms with E-state index >= 15 is 0 Å². The largest absolute Gasteiger partial charge is 0.493 e. The molecule has 216 valence electrons. The molecule has 0 unspecified atom stereocenters. The van der Waals surface area contributed by atoms with Gasteiger partial charge in [-0.15, -0.1) is 0 Å². The van der Waals surface area contributed by atoms with Gasteiger partial charge < -0.3 is 25.2 Å². The molecule has 10 nitrogen and oxygen atoms in total. The van der Waals surface area contributed by atoms with Crippen LogP contribution in [-0.2, 0) is 25.2 Å². The van der Waals surface area contributed by atoms with Gasteiger partial charge in [-0.25, -0.2) is 12.7 Å². The summed E-state index contributed by atoms with van der Waals surface area (Å²) in [6.45, 7) is 0.142. The fourth-order valence-corrected chi connectivity index (χ4v) is 7.76. The van der Waals surface area contributed by atoms with Crippen molar-refractivity contribution in [3.8, 4) is 11.5 Å². The normalized spacial score (nSPS) is 22.0. The Hall–Kier alpha value is -3.51. The number of primary amides is 1. The highest BCUT2D eigenvalue weighted by Crippen LogP contribution is 2.53. The van der Waals surface area contributed by atoms with E-state index in [9.17, 15) is 23.1 Å². The molecule has 41 heavy (non-hydrogen) atoms. The lowest BCUT2D eigenvalue weighted by atomic mass is 9.82. The highest BCUT2D eigenvalue weighted by atomic mass is 35.5. The maximum atomic E-state index is 14.5. The number of nitrogens with zero attached hydrogens (tertiary/aromatic N) is 2. The first-order valence-corrected chi connectivity index (χ1v) is 14.8. The number of benzene rings is 3. The number of nitrogens with two attached hydrogens (primary N) is 1. The van der Waals surface area contributed by atoms with Crippen molar-refractivity contribution in [1.82, 2.24) is 4.90 Å². The number of halogens is 2. The second kappa shape index (κ2) is 10.7. The fraction of sp³-hybridized carbons (Fsp3) is 0.286. The summed E-state index contributed by atoms with van der Waals surface area (Å²) in [4.78, 5) is 27.7. The third kappa shape index (κ3) is 4.57. The number of carbonyl (C=O) groups is 2. The molecule has 13 heteroatoms. The Kier molecular flexibility index (Phi) is 7.58. The van der Waals surface area contributed by atoms with Gasteiger partial charge in [-0.3, -0.25) is 9.59 Å². The fourth-order valence-electron chi connectivity index (χ4n) is 5.65. The number of anilines is 1. The summed E-state index contributed by atoms with van der Waals surface area (Å²) in [6, 6.07) is 11.8. The van der Waals surface area contributed by atoms with Crippen molar-refractivity contribution in [2.75, 3.05) is 25.1 Å². The highest BCUT2D eigenvalue weighted by Gasteiger charge is 2.61. The number of rotatable bonds is 7. The van der Waals surface area contributed by atoms with Crippen molar-refractivity contribution in [2.24, 2.45) is 5.73 Å². The van der Waals surface area contributed by atoms with Gasteiger partial charge >= 0.3 is 0 Å². The molecule has 0 spiro atoms. The monoisotopic (exact) mass is 619 g/mol. The van der Waals surface area contributed by atoms with E-state index < -0.39 is 39.5 Å². The summed E-state index contributed by atoms with van der Waals surface area (Å²) >= 11 is 12.9. The molecule has 0 radical (unpaired) electrons. The third-order valence-corrected chi connectivity index (χ3v) is 9.87. The van der Waals surface area contributed by atoms with Gasteiger partial charge in [-0.2, -0.15) is 0 Å². The van der Waals surface area contributed by atoms with E-state index in [0.717, 1.165) is 4.31 Å². The molecule has 0 aromatic heterocycles. The quantitative estimate of drug-likeness (QED) is 0.413. The van der Waals surface area contributed by atoms with Crippen LogP contribution in [0.2, 0.25) is 10.0 Å². The van der Waals surface area contributed by atoms with Crippen LogP contribution in [0.25, 0.3) is 0 Å². The summed E-state index contributed by atoms with van der Waals surface area (Å²) in [6.07, 6.45) is 0.775. The lowest BCUT2D eigenvalue weighted by molar-refractivity contribution is -0.141. The van der Waals surface area contributed by atoms with Crippen LogP contribution in [0.1, 0.15) is 24.0 Å². The van der Waals surface area contributed by atoms with Crippen LogP contribution < -0.4 is 19.5 Å². The van der Waals surface area contributed by atoms with Crippen LogP contribution in [-0.4, -0.2) is 63.1 Å². The second-order valence-corrected chi connectivity index (χ2v) is 12.4. The van der Waals surface area contributed by atoms with Gasteiger partial charge in [0.15, 0.2) is 17.5 Å². The van der Waals surface area contributed by atoms with Crippen LogP contribution in [0.15, 0.2) is 65.6 Å². The topological polar surface area (TPSA) is 139 Å². The van der Waals surface area contributed by atoms with Crippen LogP contribution in [0, 0.1) is 0 Å². The number of carbonyl (C=O) groups excluding carboxylic acids is 2. The Labute approximate surface area is 247 Å². The Morgan fingerprint density at radius 3 is 2.37 bits per heavy atom. The summed E-state index contributed by atoms with van der Waals surface area (Å²) < 4.78 is 40.4. The molecule has 3 N–H and O–H groups in total. The minimum Gasteiger partial charge on any atom is -0.493 e. The summed E-state index contributed by atoms with van der Waals surface area (Å²) in [5.41, 5.74) is 3.46. The van der Waals surface area contributed by atoms with E-state index in [2.05, 4.69) is 0 Å². The van der Waals surface area contributed by atoms with Crippen LogP contribution in [0.4, 0.5) is 5.69 Å². The number of amides is 2. The molecule has 3 aromatic rings. The molecule has 5 rings (SSSR count). The predicted octanol–water partition coefficient (Wildman–Crippen LogP) is 3.30. The smallest absolute Gasteiger partial charge is 0.265 e. The predicted molar refractivity (Wildman–Crippen MR) is 153 cm³/mol. The lowest BCUT2D eigenvalue weighted by Crippen LogP contribution is -2.59. The SMILES string of the molecule is COc1ccc(S(=O)(=O)N2c3ccc(Cl)cc3[C@@](O)(c3ccccc3Cl)[C@@H]2C(=O)N2CCC[C@H]2C(N)=O)cc1OC. The van der Waals surface area contributed by atoms with Crippen molar-refractivity contribution in [3.63, 3.8) is 0 Å². The molecule has 0 saturated carbocycles. The van der Waals surface area contributed by atoms with Crippen molar-refractivity contribution in [3.05, 3.63) is 81.8 Å². The van der Waals surface area contributed by atoms with Crippen molar-refractivity contribution in [1.29, 1.82) is 0 Å². The summed E-state index contributed by atoms with van der Waals surface area (Å²) in [5.74, 6) is -1.11. The number of methoxy groups -OCH3 is 2. The average Bonchev–Trinajstić information content (AvgIpc) is 3.55. The van der Waals surface area contributed by atoms with E-state index in [1.54, 1.807) is 12.1 Å². The van der Waals surface area contributed by atoms with E-state index in [4.69, 9.17) is 38.4 Å². The van der Waals surface area contributed by atoms with Gasteiger partial charge in [0.05, 0.1) is 24.8 Å². The Bertz CT molecular complexity index is 1650. The van der Waals surface area contributed by atoms with E-state index in [-0.39, 0.29) is 44.0 Å². The molecule has 2 aliphatic rings. The van der Waals surface area contributed by atoms with Crippen LogP contribution >= 0.6 is 23.2 Å². The number of aliphatic hydroxyl groups is 1. The van der Waals surface area contributed by atoms with E-state index in [1.807, 2.05) is 0 Å². The van der Waals surface area contributed by atoms with Crippen molar-refractivity contribution in [2.45, 2.75) is 35.4 Å². The standard InChI is InChI=1S/C28H27Cl2N3O7S/c1-39-23-12-10-17(15-24(23)40-2)41(37,38)33-21-11-9-16(29)14-19(21)28(36,18-6-3-4-7-20(18)30)25(33)27(35)32-13-5-8-22(32)26(31)34/h3-4,6-7,9-12,14-15,22,25,36H,5,8,13H2,1-2H3,(H2,31,34)/t22-,25-,28-/m0/s1. The Morgan fingerprint density at radius 1 is 1.00 bits per heavy atom. The molecule has 3 aromatic carbocycles. The molecule has 2 amide bonds. The molecule has 1 fully saturated rings. The van der Waals surface area contributed by atoms with Gasteiger partial charge in [-0.1, -0.05) is 41.4 Å². The van der Waals surface area contributed by atoms with Gasteiger partial charge in [0.2, 0.25) is 5.91 Å². The molecule has 0 bridgehead atoms. The number of hydrogen-bond donors (Lipinski definition) is 2. The first-order valence-electron chi connectivity index (χ1n) is 12.6. The second-order valence-electron chi connectivity index (χ2n) is 9.72. The molecule has 3 atom stereocenters. The maximum absolute atomic E-state index is 14.5. The zero-order valence-electron chi connectivity index (χ0n) is 22.1. The maximum Gasteiger partial charge on any atom is 0.265 e. The number of ether oxygens (including phenoxy) is 2. The van der Waals surface area contributed by atoms with Crippen molar-refractivity contribution < 1.29 is 32.6 Å². The molecule has 0 aliphatic carbocycles. The lowest BCUT2D eigenvalue weighted by Gasteiger charge is -2.38. The highest BCUT2D eigenvalue weighted by molar-refractivity contribution is 7.93. The van der Waals surface area contributed by atoms with Gasteiger partial charge in [0.25, 0.3) is 15.9 Å². The van der Waals surface area contributed by atoms with Gasteiger partial charge in [0.1, 0.15) is 11.6 Å². The van der Waals surface area contributed by atoms with Gasteiger partial charge in [-0.05, 0) is 49.2 Å². The van der Waals surface area contributed by atoms with Crippen LogP contribution in [0.3, 0.4) is 0 Å². The number of fused-ring (bicyclic) bond motifs is 1. The summed E-state index contributed by atoms with van der Waals surface area (Å²) in [7, 11) is -1.81. The number of sulfonamides is 1. The first-order chi connectivity index (χ1) is 19.5. The van der Waals surface area contributed by atoms with Crippen LogP contribution in [0.5, 0.6) is 11.5 Å². The molecule has 1 saturated heterocycles. The van der Waals surface area contributed by atoms with Gasteiger partial charge in [0, 0.05) is 33.8 Å². The molecular weight excluding hydrogens is 593 g/mol. The minimum atomic E-state index is -4.59. The summed E-state index contributed by atoms with van der Waals surface area (Å²) in [5, 5.41) is 12.9. The Balaban J connectivity index is 1.80. The van der Waals surface area contributed by atoms with Crippen molar-refractivity contribution >= 4 is 50.7 Å². The minimum absolute atomic E-state index is 0.0137. The first kappa shape index (κ1) is 29.0. The zero-order chi connectivity index (χ0) is 29.7. The number of hydrogen-bond acceptors (Lipinski definition) is 7. The molecular formula is C28H27Cl2N3O7S. The van der Waals surface area contributed by atoms with E-state index in [1.165, 1.54) is 67.7 Å². The molecule has 2 aliphatic heterocycles. The third-order valence-electron chi connectivity index (χ3n) is 7.53. The Morgan fingerprint density at radius 2 is 1.71 bits per heavy atom. The average molecular weight is 621 g/mol.